The number of ether oxygens (including phenoxy) is 1. The molecule has 0 saturated heterocycles. The second kappa shape index (κ2) is 5.62. The van der Waals surface area contributed by atoms with Gasteiger partial charge < -0.3 is 4.74 Å². The van der Waals surface area contributed by atoms with E-state index in [1.807, 2.05) is 13.0 Å². The summed E-state index contributed by atoms with van der Waals surface area (Å²) in [5, 5.41) is 4.10. The van der Waals surface area contributed by atoms with E-state index < -0.39 is 10.3 Å². The predicted octanol–water partition coefficient (Wildman–Crippen LogP) is 3.09. The normalized spacial score (nSPS) is 24.9. The first-order valence-corrected chi connectivity index (χ1v) is 7.18. The molecule has 108 valence electrons. The molecule has 20 heavy (non-hydrogen) atoms. The minimum Gasteiger partial charge on any atom is -0.465 e. The SMILES string of the molecule is CCOC(=O)C1(C)C=C(C)C2=CNN=C(C(Cl)Cl)C2=C1. The van der Waals surface area contributed by atoms with E-state index in [-0.39, 0.29) is 5.97 Å². The van der Waals surface area contributed by atoms with Gasteiger partial charge in [-0.3, -0.25) is 10.2 Å². The average Bonchev–Trinajstić information content (AvgIpc) is 2.38. The molecule has 0 aromatic heterocycles. The van der Waals surface area contributed by atoms with Crippen LogP contribution in [0.25, 0.3) is 0 Å². The van der Waals surface area contributed by atoms with Crippen LogP contribution in [0.3, 0.4) is 0 Å². The van der Waals surface area contributed by atoms with Gasteiger partial charge in [-0.1, -0.05) is 35.4 Å². The highest BCUT2D eigenvalue weighted by Crippen LogP contribution is 2.38. The maximum Gasteiger partial charge on any atom is 0.319 e. The van der Waals surface area contributed by atoms with Crippen LogP contribution >= 0.6 is 23.2 Å². The highest BCUT2D eigenvalue weighted by atomic mass is 35.5. The van der Waals surface area contributed by atoms with Crippen molar-refractivity contribution in [2.75, 3.05) is 6.61 Å². The number of carbonyl (C=O) groups is 1. The molecule has 1 heterocycles. The van der Waals surface area contributed by atoms with Crippen molar-refractivity contribution in [3.8, 4) is 0 Å². The van der Waals surface area contributed by atoms with Gasteiger partial charge in [0.25, 0.3) is 0 Å². The zero-order chi connectivity index (χ0) is 14.9. The zero-order valence-corrected chi connectivity index (χ0v) is 13.0. The number of alkyl halides is 2. The Morgan fingerprint density at radius 3 is 2.75 bits per heavy atom. The molecule has 0 radical (unpaired) electrons. The molecule has 6 heteroatoms. The van der Waals surface area contributed by atoms with Crippen LogP contribution in [0.15, 0.2) is 40.2 Å². The van der Waals surface area contributed by atoms with Crippen LogP contribution in [0.5, 0.6) is 0 Å². The van der Waals surface area contributed by atoms with E-state index in [0.717, 1.165) is 16.7 Å². The lowest BCUT2D eigenvalue weighted by molar-refractivity contribution is -0.149. The van der Waals surface area contributed by atoms with Gasteiger partial charge in [0.15, 0.2) is 4.84 Å². The van der Waals surface area contributed by atoms with Crippen LogP contribution in [0.2, 0.25) is 0 Å². The molecule has 1 aliphatic heterocycles. The van der Waals surface area contributed by atoms with E-state index in [0.29, 0.717) is 12.3 Å². The lowest BCUT2D eigenvalue weighted by Gasteiger charge is -2.30. The minimum atomic E-state index is -0.840. The number of allylic oxidation sites excluding steroid dienone is 3. The zero-order valence-electron chi connectivity index (χ0n) is 11.5. The van der Waals surface area contributed by atoms with Crippen molar-refractivity contribution in [2.24, 2.45) is 10.5 Å². The predicted molar refractivity (Wildman–Crippen MR) is 80.7 cm³/mol. The third kappa shape index (κ3) is 2.63. The van der Waals surface area contributed by atoms with E-state index in [1.54, 1.807) is 26.1 Å². The summed E-state index contributed by atoms with van der Waals surface area (Å²) in [7, 11) is 0. The summed E-state index contributed by atoms with van der Waals surface area (Å²) in [5.41, 5.74) is 5.11. The fraction of sp³-hybridized carbons (Fsp3) is 0.429. The number of halogens is 2. The second-order valence-corrected chi connectivity index (χ2v) is 5.97. The summed E-state index contributed by atoms with van der Waals surface area (Å²) < 4.78 is 5.14. The molecule has 0 saturated carbocycles. The van der Waals surface area contributed by atoms with E-state index in [4.69, 9.17) is 27.9 Å². The molecule has 1 unspecified atom stereocenters. The number of nitrogens with zero attached hydrogens (tertiary/aromatic N) is 1. The van der Waals surface area contributed by atoms with Gasteiger partial charge in [0.1, 0.15) is 11.1 Å². The molecule has 0 bridgehead atoms. The Bertz CT molecular complexity index is 562. The molecule has 0 amide bonds. The van der Waals surface area contributed by atoms with E-state index in [9.17, 15) is 4.79 Å². The van der Waals surface area contributed by atoms with Gasteiger partial charge in [-0.2, -0.15) is 5.10 Å². The van der Waals surface area contributed by atoms with Crippen molar-refractivity contribution in [1.29, 1.82) is 0 Å². The van der Waals surface area contributed by atoms with Gasteiger partial charge in [0.05, 0.1) is 6.61 Å². The van der Waals surface area contributed by atoms with Crippen molar-refractivity contribution < 1.29 is 9.53 Å². The number of hydrogen-bond donors (Lipinski definition) is 1. The first-order valence-electron chi connectivity index (χ1n) is 6.31. The van der Waals surface area contributed by atoms with Crippen molar-refractivity contribution in [3.63, 3.8) is 0 Å². The average molecular weight is 315 g/mol. The topological polar surface area (TPSA) is 50.7 Å². The van der Waals surface area contributed by atoms with Gasteiger partial charge in [-0.25, -0.2) is 0 Å². The summed E-state index contributed by atoms with van der Waals surface area (Å²) in [6.07, 6.45) is 5.45. The summed E-state index contributed by atoms with van der Waals surface area (Å²) in [6, 6.07) is 0. The number of carbonyl (C=O) groups excluding carboxylic acids is 1. The Morgan fingerprint density at radius 1 is 1.45 bits per heavy atom. The number of hydrazone groups is 1. The van der Waals surface area contributed by atoms with Crippen LogP contribution in [0.1, 0.15) is 20.8 Å². The lowest BCUT2D eigenvalue weighted by atomic mass is 9.77. The summed E-state index contributed by atoms with van der Waals surface area (Å²) in [4.78, 5) is 11.4. The van der Waals surface area contributed by atoms with Crippen LogP contribution in [0.4, 0.5) is 0 Å². The van der Waals surface area contributed by atoms with E-state index in [1.165, 1.54) is 0 Å². The van der Waals surface area contributed by atoms with Crippen molar-refractivity contribution in [2.45, 2.75) is 25.6 Å². The molecule has 0 fully saturated rings. The third-order valence-corrected chi connectivity index (χ3v) is 3.68. The van der Waals surface area contributed by atoms with Crippen LogP contribution < -0.4 is 5.43 Å². The first kappa shape index (κ1) is 15.1. The van der Waals surface area contributed by atoms with Gasteiger partial charge >= 0.3 is 5.97 Å². The molecular formula is C14H16Cl2N2O2. The molecular weight excluding hydrogens is 299 g/mol. The molecule has 0 spiro atoms. The van der Waals surface area contributed by atoms with E-state index in [2.05, 4.69) is 10.5 Å². The number of rotatable bonds is 3. The molecule has 1 aliphatic carbocycles. The highest BCUT2D eigenvalue weighted by Gasteiger charge is 2.37. The number of fused-ring (bicyclic) bond motifs is 1. The quantitative estimate of drug-likeness (QED) is 0.643. The summed E-state index contributed by atoms with van der Waals surface area (Å²) in [6.45, 7) is 5.85. The Morgan fingerprint density at radius 2 is 2.15 bits per heavy atom. The number of nitrogens with one attached hydrogen (secondary N) is 1. The molecule has 2 aliphatic rings. The number of hydrogen-bond acceptors (Lipinski definition) is 4. The maximum absolute atomic E-state index is 12.2. The van der Waals surface area contributed by atoms with E-state index >= 15 is 0 Å². The largest absolute Gasteiger partial charge is 0.465 e. The molecule has 1 atom stereocenters. The van der Waals surface area contributed by atoms with Gasteiger partial charge in [0.2, 0.25) is 0 Å². The van der Waals surface area contributed by atoms with Gasteiger partial charge in [-0.05, 0) is 26.3 Å². The standard InChI is InChI=1S/C14H16Cl2N2O2/c1-4-20-13(19)14(3)5-8(2)10-7-17-18-11(12(15)16)9(10)6-14/h5-7,12,17H,4H2,1-3H3. The van der Waals surface area contributed by atoms with Crippen LogP contribution in [0, 0.1) is 5.41 Å². The van der Waals surface area contributed by atoms with Gasteiger partial charge in [0, 0.05) is 17.3 Å². The molecule has 0 aromatic rings. The Hall–Kier alpha value is -1.26. The Balaban J connectivity index is 2.47. The molecule has 2 rings (SSSR count). The number of esters is 1. The highest BCUT2D eigenvalue weighted by molar-refractivity contribution is 6.56. The second-order valence-electron chi connectivity index (χ2n) is 4.87. The van der Waals surface area contributed by atoms with Crippen molar-refractivity contribution in [1.82, 2.24) is 5.43 Å². The first-order chi connectivity index (χ1) is 9.39. The van der Waals surface area contributed by atoms with Crippen LogP contribution in [-0.2, 0) is 9.53 Å². The minimum absolute atomic E-state index is 0.301. The molecule has 1 N–H and O–H groups in total. The van der Waals surface area contributed by atoms with Crippen LogP contribution in [-0.4, -0.2) is 23.1 Å². The van der Waals surface area contributed by atoms with Crippen molar-refractivity contribution >= 4 is 34.9 Å². The smallest absolute Gasteiger partial charge is 0.319 e. The Labute approximate surface area is 128 Å². The van der Waals surface area contributed by atoms with Crippen molar-refractivity contribution in [3.05, 3.63) is 35.1 Å². The Kier molecular flexibility index (Phi) is 4.25. The fourth-order valence-electron chi connectivity index (χ4n) is 2.36. The third-order valence-electron chi connectivity index (χ3n) is 3.27. The molecule has 0 aromatic carbocycles. The monoisotopic (exact) mass is 314 g/mol. The summed E-state index contributed by atoms with van der Waals surface area (Å²) in [5.74, 6) is -0.301. The molecule has 4 nitrogen and oxygen atoms in total. The summed E-state index contributed by atoms with van der Waals surface area (Å²) >= 11 is 11.9. The lowest BCUT2D eigenvalue weighted by Crippen LogP contribution is -2.33. The van der Waals surface area contributed by atoms with Gasteiger partial charge in [-0.15, -0.1) is 0 Å². The fourth-order valence-corrected chi connectivity index (χ4v) is 2.69. The maximum atomic E-state index is 12.2.